The summed E-state index contributed by atoms with van der Waals surface area (Å²) in [5.74, 6) is 0.633. The lowest BCUT2D eigenvalue weighted by molar-refractivity contribution is 0.217. The Morgan fingerprint density at radius 3 is 2.84 bits per heavy atom. The van der Waals surface area contributed by atoms with E-state index in [1.807, 2.05) is 32.0 Å². The summed E-state index contributed by atoms with van der Waals surface area (Å²) in [6, 6.07) is 12.2. The van der Waals surface area contributed by atoms with E-state index in [1.54, 1.807) is 24.3 Å². The number of carbonyl (C=O) groups excluding carboxylic acids is 1. The van der Waals surface area contributed by atoms with Crippen LogP contribution in [-0.4, -0.2) is 18.3 Å². The highest BCUT2D eigenvalue weighted by Crippen LogP contribution is 2.26. The molecule has 0 spiro atoms. The number of urea groups is 1. The summed E-state index contributed by atoms with van der Waals surface area (Å²) in [5, 5.41) is 7.09. The van der Waals surface area contributed by atoms with Crippen LogP contribution in [0.5, 0.6) is 5.75 Å². The molecule has 0 aliphatic heterocycles. The minimum atomic E-state index is -0.433. The SMILES string of the molecule is CC[C@@H](C)Oc1ccc(/C=N/NC(=O)Nc2cccc(Br)c2)cc1Cl. The lowest BCUT2D eigenvalue weighted by atomic mass is 10.2. The average Bonchev–Trinajstić information content (AvgIpc) is 2.57. The van der Waals surface area contributed by atoms with E-state index in [4.69, 9.17) is 16.3 Å². The Labute approximate surface area is 160 Å². The fourth-order valence-corrected chi connectivity index (χ4v) is 2.52. The van der Waals surface area contributed by atoms with E-state index in [9.17, 15) is 4.79 Å². The van der Waals surface area contributed by atoms with Crippen molar-refractivity contribution in [2.24, 2.45) is 5.10 Å². The zero-order chi connectivity index (χ0) is 18.2. The Morgan fingerprint density at radius 1 is 1.36 bits per heavy atom. The molecular formula is C18H19BrClN3O2. The van der Waals surface area contributed by atoms with Crippen LogP contribution in [0.15, 0.2) is 52.0 Å². The third kappa shape index (κ3) is 6.40. The van der Waals surface area contributed by atoms with Crippen molar-refractivity contribution in [3.05, 3.63) is 57.5 Å². The highest BCUT2D eigenvalue weighted by atomic mass is 79.9. The number of benzene rings is 2. The molecule has 0 saturated heterocycles. The molecule has 0 aromatic heterocycles. The van der Waals surface area contributed by atoms with Crippen molar-refractivity contribution in [2.45, 2.75) is 26.4 Å². The van der Waals surface area contributed by atoms with E-state index in [-0.39, 0.29) is 6.10 Å². The van der Waals surface area contributed by atoms with Gasteiger partial charge in [0.25, 0.3) is 0 Å². The molecule has 0 unspecified atom stereocenters. The van der Waals surface area contributed by atoms with Crippen molar-refractivity contribution in [1.82, 2.24) is 5.43 Å². The predicted octanol–water partition coefficient (Wildman–Crippen LogP) is 5.44. The zero-order valence-electron chi connectivity index (χ0n) is 13.9. The molecule has 0 bridgehead atoms. The number of hydrogen-bond donors (Lipinski definition) is 2. The first-order valence-corrected chi connectivity index (χ1v) is 8.97. The normalized spacial score (nSPS) is 12.0. The molecule has 2 N–H and O–H groups in total. The summed E-state index contributed by atoms with van der Waals surface area (Å²) < 4.78 is 6.59. The van der Waals surface area contributed by atoms with Crippen molar-refractivity contribution in [3.8, 4) is 5.75 Å². The van der Waals surface area contributed by atoms with Gasteiger partial charge < -0.3 is 10.1 Å². The maximum absolute atomic E-state index is 11.8. The number of rotatable bonds is 6. The fraction of sp³-hybridized carbons (Fsp3) is 0.222. The maximum atomic E-state index is 11.8. The van der Waals surface area contributed by atoms with Crippen LogP contribution in [0.25, 0.3) is 0 Å². The highest BCUT2D eigenvalue weighted by Gasteiger charge is 2.06. The summed E-state index contributed by atoms with van der Waals surface area (Å²) in [4.78, 5) is 11.8. The number of nitrogens with zero attached hydrogens (tertiary/aromatic N) is 1. The molecule has 1 atom stereocenters. The molecule has 0 aliphatic carbocycles. The summed E-state index contributed by atoms with van der Waals surface area (Å²) in [6.07, 6.45) is 2.51. The molecule has 2 aromatic carbocycles. The monoisotopic (exact) mass is 423 g/mol. The first kappa shape index (κ1) is 19.3. The third-order valence-corrected chi connectivity index (χ3v) is 4.11. The van der Waals surface area contributed by atoms with Crippen LogP contribution in [0.4, 0.5) is 10.5 Å². The van der Waals surface area contributed by atoms with Gasteiger partial charge in [-0.3, -0.25) is 0 Å². The zero-order valence-corrected chi connectivity index (χ0v) is 16.3. The van der Waals surface area contributed by atoms with Gasteiger partial charge in [-0.2, -0.15) is 5.10 Å². The van der Waals surface area contributed by atoms with E-state index in [0.717, 1.165) is 16.5 Å². The standard InChI is InChI=1S/C18H19BrClN3O2/c1-3-12(2)25-17-8-7-13(9-16(17)20)11-21-23-18(24)22-15-6-4-5-14(19)10-15/h4-12H,3H2,1-2H3,(H2,22,23,24)/b21-11+/t12-/m1/s1. The predicted molar refractivity (Wildman–Crippen MR) is 106 cm³/mol. The molecular weight excluding hydrogens is 406 g/mol. The van der Waals surface area contributed by atoms with Gasteiger partial charge in [0.15, 0.2) is 0 Å². The largest absolute Gasteiger partial charge is 0.489 e. The van der Waals surface area contributed by atoms with Crippen LogP contribution in [-0.2, 0) is 0 Å². The number of hydrogen-bond acceptors (Lipinski definition) is 3. The van der Waals surface area contributed by atoms with E-state index in [2.05, 4.69) is 31.8 Å². The molecule has 0 heterocycles. The first-order valence-electron chi connectivity index (χ1n) is 7.79. The second-order valence-electron chi connectivity index (χ2n) is 5.36. The second-order valence-corrected chi connectivity index (χ2v) is 6.68. The molecule has 5 nitrogen and oxygen atoms in total. The van der Waals surface area contributed by atoms with Crippen LogP contribution >= 0.6 is 27.5 Å². The summed E-state index contributed by atoms with van der Waals surface area (Å²) in [6.45, 7) is 4.03. The molecule has 0 aliphatic rings. The number of nitrogens with one attached hydrogen (secondary N) is 2. The fourth-order valence-electron chi connectivity index (χ4n) is 1.88. The molecule has 2 aromatic rings. The van der Waals surface area contributed by atoms with Gasteiger partial charge in [0.2, 0.25) is 0 Å². The third-order valence-electron chi connectivity index (χ3n) is 3.32. The van der Waals surface area contributed by atoms with Crippen LogP contribution in [0.2, 0.25) is 5.02 Å². The smallest absolute Gasteiger partial charge is 0.339 e. The van der Waals surface area contributed by atoms with Crippen LogP contribution in [0.3, 0.4) is 0 Å². The van der Waals surface area contributed by atoms with Crippen molar-refractivity contribution in [1.29, 1.82) is 0 Å². The van der Waals surface area contributed by atoms with E-state index in [1.165, 1.54) is 6.21 Å². The van der Waals surface area contributed by atoms with Gasteiger partial charge in [0.05, 0.1) is 17.3 Å². The number of amides is 2. The topological polar surface area (TPSA) is 62.7 Å². The van der Waals surface area contributed by atoms with Gasteiger partial charge in [-0.1, -0.05) is 40.5 Å². The molecule has 0 radical (unpaired) electrons. The van der Waals surface area contributed by atoms with Crippen LogP contribution in [0, 0.1) is 0 Å². The number of halogens is 2. The summed E-state index contributed by atoms with van der Waals surface area (Å²) in [5.41, 5.74) is 3.82. The Hall–Kier alpha value is -2.05. The molecule has 25 heavy (non-hydrogen) atoms. The molecule has 2 rings (SSSR count). The number of carbonyl (C=O) groups is 1. The molecule has 0 saturated carbocycles. The molecule has 2 amide bonds. The Balaban J connectivity index is 1.91. The lowest BCUT2D eigenvalue weighted by Crippen LogP contribution is -2.24. The van der Waals surface area contributed by atoms with Gasteiger partial charge in [-0.25, -0.2) is 10.2 Å². The summed E-state index contributed by atoms with van der Waals surface area (Å²) >= 11 is 9.55. The highest BCUT2D eigenvalue weighted by molar-refractivity contribution is 9.10. The number of hydrazone groups is 1. The van der Waals surface area contributed by atoms with E-state index < -0.39 is 6.03 Å². The van der Waals surface area contributed by atoms with Gasteiger partial charge in [0, 0.05) is 10.2 Å². The minimum absolute atomic E-state index is 0.0976. The van der Waals surface area contributed by atoms with Crippen LogP contribution < -0.4 is 15.5 Å². The Kier molecular flexibility index (Phi) is 7.28. The minimum Gasteiger partial charge on any atom is -0.489 e. The van der Waals surface area contributed by atoms with Crippen molar-refractivity contribution < 1.29 is 9.53 Å². The number of ether oxygens (including phenoxy) is 1. The second kappa shape index (κ2) is 9.44. The molecule has 0 fully saturated rings. The van der Waals surface area contributed by atoms with Gasteiger partial charge in [0.1, 0.15) is 5.75 Å². The van der Waals surface area contributed by atoms with Gasteiger partial charge in [-0.05, 0) is 55.3 Å². The average molecular weight is 425 g/mol. The van der Waals surface area contributed by atoms with Gasteiger partial charge in [-0.15, -0.1) is 0 Å². The van der Waals surface area contributed by atoms with Crippen LogP contribution in [0.1, 0.15) is 25.8 Å². The molecule has 7 heteroatoms. The van der Waals surface area contributed by atoms with Crippen molar-refractivity contribution in [3.63, 3.8) is 0 Å². The quantitative estimate of drug-likeness (QED) is 0.479. The van der Waals surface area contributed by atoms with Crippen molar-refractivity contribution in [2.75, 3.05) is 5.32 Å². The van der Waals surface area contributed by atoms with Crippen molar-refractivity contribution >= 4 is 45.5 Å². The van der Waals surface area contributed by atoms with E-state index >= 15 is 0 Å². The maximum Gasteiger partial charge on any atom is 0.339 e. The van der Waals surface area contributed by atoms with Gasteiger partial charge >= 0.3 is 6.03 Å². The Bertz CT molecular complexity index is 768. The molecule has 132 valence electrons. The first-order chi connectivity index (χ1) is 12.0. The lowest BCUT2D eigenvalue weighted by Gasteiger charge is -2.13. The Morgan fingerprint density at radius 2 is 2.16 bits per heavy atom. The van der Waals surface area contributed by atoms with E-state index in [0.29, 0.717) is 16.5 Å². The summed E-state index contributed by atoms with van der Waals surface area (Å²) in [7, 11) is 0. The number of anilines is 1.